The maximum atomic E-state index is 5.89. The normalized spacial score (nSPS) is 10.5. The van der Waals surface area contributed by atoms with E-state index in [2.05, 4.69) is 15.8 Å². The van der Waals surface area contributed by atoms with Gasteiger partial charge in [0, 0.05) is 10.7 Å². The molecule has 0 bridgehead atoms. The second-order valence-corrected chi connectivity index (χ2v) is 5.09. The van der Waals surface area contributed by atoms with Crippen LogP contribution in [0.4, 0.5) is 5.69 Å². The van der Waals surface area contributed by atoms with Crippen LogP contribution >= 0.6 is 23.8 Å². The molecule has 0 aliphatic rings. The monoisotopic (exact) mass is 303 g/mol. The number of nitrogens with zero attached hydrogens (tertiary/aromatic N) is 1. The van der Waals surface area contributed by atoms with Crippen molar-refractivity contribution >= 4 is 40.8 Å². The van der Waals surface area contributed by atoms with Crippen molar-refractivity contribution in [3.05, 3.63) is 64.7 Å². The van der Waals surface area contributed by atoms with Gasteiger partial charge in [-0.1, -0.05) is 41.4 Å². The lowest BCUT2D eigenvalue weighted by molar-refractivity contribution is 1.05. The highest BCUT2D eigenvalue weighted by Crippen LogP contribution is 2.09. The third-order valence-corrected chi connectivity index (χ3v) is 2.97. The summed E-state index contributed by atoms with van der Waals surface area (Å²) in [6.45, 7) is 2.04. The van der Waals surface area contributed by atoms with E-state index in [-0.39, 0.29) is 0 Å². The highest BCUT2D eigenvalue weighted by Gasteiger charge is 1.95. The van der Waals surface area contributed by atoms with Gasteiger partial charge in [-0.05, 0) is 49.0 Å². The van der Waals surface area contributed by atoms with E-state index in [0.29, 0.717) is 10.1 Å². The smallest absolute Gasteiger partial charge is 0.191 e. The van der Waals surface area contributed by atoms with E-state index in [1.165, 1.54) is 5.56 Å². The van der Waals surface area contributed by atoms with Crippen LogP contribution in [-0.2, 0) is 0 Å². The molecule has 20 heavy (non-hydrogen) atoms. The van der Waals surface area contributed by atoms with Gasteiger partial charge in [0.25, 0.3) is 0 Å². The van der Waals surface area contributed by atoms with E-state index in [0.717, 1.165) is 11.3 Å². The molecule has 0 aliphatic heterocycles. The van der Waals surface area contributed by atoms with Crippen LogP contribution < -0.4 is 10.7 Å². The van der Waals surface area contributed by atoms with Crippen molar-refractivity contribution < 1.29 is 0 Å². The van der Waals surface area contributed by atoms with Crippen molar-refractivity contribution in [2.75, 3.05) is 5.32 Å². The summed E-state index contributed by atoms with van der Waals surface area (Å²) in [6, 6.07) is 15.4. The first-order chi connectivity index (χ1) is 9.63. The van der Waals surface area contributed by atoms with Crippen molar-refractivity contribution in [3.8, 4) is 0 Å². The third-order valence-electron chi connectivity index (χ3n) is 2.54. The third kappa shape index (κ3) is 4.64. The molecule has 0 heterocycles. The molecule has 2 rings (SSSR count). The molecule has 2 aromatic rings. The molecule has 0 fully saturated rings. The van der Waals surface area contributed by atoms with Crippen LogP contribution in [0.2, 0.25) is 5.02 Å². The summed E-state index contributed by atoms with van der Waals surface area (Å²) in [5.74, 6) is 0. The molecule has 0 radical (unpaired) electrons. The Morgan fingerprint density at radius 1 is 1.20 bits per heavy atom. The second kappa shape index (κ2) is 7.03. The zero-order valence-corrected chi connectivity index (χ0v) is 12.5. The number of rotatable bonds is 3. The molecule has 0 atom stereocenters. The van der Waals surface area contributed by atoms with Gasteiger partial charge in [-0.15, -0.1) is 0 Å². The molecular weight excluding hydrogens is 290 g/mol. The van der Waals surface area contributed by atoms with Crippen molar-refractivity contribution in [2.24, 2.45) is 5.10 Å². The van der Waals surface area contributed by atoms with E-state index in [1.807, 2.05) is 55.5 Å². The molecule has 0 amide bonds. The van der Waals surface area contributed by atoms with Crippen LogP contribution in [-0.4, -0.2) is 11.3 Å². The van der Waals surface area contributed by atoms with Crippen LogP contribution in [0.25, 0.3) is 0 Å². The summed E-state index contributed by atoms with van der Waals surface area (Å²) in [5, 5.41) is 8.22. The van der Waals surface area contributed by atoms with Crippen LogP contribution in [0.1, 0.15) is 11.1 Å². The molecule has 102 valence electrons. The maximum Gasteiger partial charge on any atom is 0.191 e. The Hall–Kier alpha value is -1.91. The molecule has 0 saturated carbocycles. The van der Waals surface area contributed by atoms with Gasteiger partial charge in [-0.2, -0.15) is 5.10 Å². The molecule has 0 aromatic heterocycles. The average molecular weight is 304 g/mol. The van der Waals surface area contributed by atoms with Crippen molar-refractivity contribution in [3.63, 3.8) is 0 Å². The molecule has 2 N–H and O–H groups in total. The summed E-state index contributed by atoms with van der Waals surface area (Å²) in [7, 11) is 0. The number of anilines is 1. The molecular formula is C15H14ClN3S. The Balaban J connectivity index is 1.87. The zero-order valence-electron chi connectivity index (χ0n) is 10.9. The van der Waals surface area contributed by atoms with Crippen molar-refractivity contribution in [1.29, 1.82) is 0 Å². The highest BCUT2D eigenvalue weighted by atomic mass is 35.5. The van der Waals surface area contributed by atoms with E-state index in [4.69, 9.17) is 23.8 Å². The Bertz CT molecular complexity index is 623. The highest BCUT2D eigenvalue weighted by molar-refractivity contribution is 7.80. The number of halogens is 1. The zero-order chi connectivity index (χ0) is 14.4. The minimum atomic E-state index is 0.437. The van der Waals surface area contributed by atoms with Gasteiger partial charge in [0.1, 0.15) is 0 Å². The van der Waals surface area contributed by atoms with Crippen LogP contribution in [0, 0.1) is 6.92 Å². The molecule has 0 unspecified atom stereocenters. The van der Waals surface area contributed by atoms with Gasteiger partial charge >= 0.3 is 0 Å². The summed E-state index contributed by atoms with van der Waals surface area (Å²) in [5.41, 5.74) is 5.79. The standard InChI is InChI=1S/C15H14ClN3S/c1-11-5-7-14(8-6-11)18-15(20)19-17-10-12-3-2-4-13(16)9-12/h2-10H,1H3,(H2,18,19,20)/b17-10+. The molecule has 0 spiro atoms. The summed E-state index contributed by atoms with van der Waals surface area (Å²) < 4.78 is 0. The van der Waals surface area contributed by atoms with Crippen LogP contribution in [0.3, 0.4) is 0 Å². The Labute approximate surface area is 128 Å². The average Bonchev–Trinajstić information content (AvgIpc) is 2.41. The number of hydrogen-bond donors (Lipinski definition) is 2. The predicted molar refractivity (Wildman–Crippen MR) is 89.6 cm³/mol. The first-order valence-electron chi connectivity index (χ1n) is 6.06. The summed E-state index contributed by atoms with van der Waals surface area (Å²) >= 11 is 11.0. The number of hydrogen-bond acceptors (Lipinski definition) is 2. The maximum absolute atomic E-state index is 5.89. The van der Waals surface area contributed by atoms with E-state index < -0.39 is 0 Å². The summed E-state index contributed by atoms with van der Waals surface area (Å²) in [4.78, 5) is 0. The molecule has 0 aliphatic carbocycles. The molecule has 3 nitrogen and oxygen atoms in total. The Morgan fingerprint density at radius 3 is 2.65 bits per heavy atom. The van der Waals surface area contributed by atoms with Gasteiger partial charge in [-0.25, -0.2) is 0 Å². The van der Waals surface area contributed by atoms with E-state index >= 15 is 0 Å². The summed E-state index contributed by atoms with van der Waals surface area (Å²) in [6.07, 6.45) is 1.66. The fourth-order valence-electron chi connectivity index (χ4n) is 1.55. The quantitative estimate of drug-likeness (QED) is 0.512. The fraction of sp³-hybridized carbons (Fsp3) is 0.0667. The number of thiocarbonyl (C=S) groups is 1. The Morgan fingerprint density at radius 2 is 1.95 bits per heavy atom. The largest absolute Gasteiger partial charge is 0.331 e. The topological polar surface area (TPSA) is 36.4 Å². The van der Waals surface area contributed by atoms with E-state index in [9.17, 15) is 0 Å². The van der Waals surface area contributed by atoms with Gasteiger partial charge in [-0.3, -0.25) is 5.43 Å². The minimum Gasteiger partial charge on any atom is -0.331 e. The first-order valence-corrected chi connectivity index (χ1v) is 6.84. The van der Waals surface area contributed by atoms with Crippen molar-refractivity contribution in [2.45, 2.75) is 6.92 Å². The second-order valence-electron chi connectivity index (χ2n) is 4.25. The van der Waals surface area contributed by atoms with Gasteiger partial charge in [0.2, 0.25) is 0 Å². The molecule has 5 heteroatoms. The number of hydrazone groups is 1. The lowest BCUT2D eigenvalue weighted by atomic mass is 10.2. The minimum absolute atomic E-state index is 0.437. The van der Waals surface area contributed by atoms with Crippen molar-refractivity contribution in [1.82, 2.24) is 5.43 Å². The van der Waals surface area contributed by atoms with Gasteiger partial charge in [0.15, 0.2) is 5.11 Å². The SMILES string of the molecule is Cc1ccc(NC(=S)N/N=C/c2cccc(Cl)c2)cc1. The molecule has 2 aromatic carbocycles. The predicted octanol–water partition coefficient (Wildman–Crippen LogP) is 3.97. The van der Waals surface area contributed by atoms with Gasteiger partial charge in [0.05, 0.1) is 6.21 Å². The van der Waals surface area contributed by atoms with Gasteiger partial charge < -0.3 is 5.32 Å². The number of nitrogens with one attached hydrogen (secondary N) is 2. The van der Waals surface area contributed by atoms with Crippen LogP contribution in [0.15, 0.2) is 53.6 Å². The Kier molecular flexibility index (Phi) is 5.09. The van der Waals surface area contributed by atoms with Crippen LogP contribution in [0.5, 0.6) is 0 Å². The number of aryl methyl sites for hydroxylation is 1. The lowest BCUT2D eigenvalue weighted by Gasteiger charge is -2.06. The fourth-order valence-corrected chi connectivity index (χ4v) is 1.92. The number of benzene rings is 2. The lowest BCUT2D eigenvalue weighted by Crippen LogP contribution is -2.23. The molecule has 0 saturated heterocycles. The first kappa shape index (κ1) is 14.5. The van der Waals surface area contributed by atoms with E-state index in [1.54, 1.807) is 6.21 Å².